The van der Waals surface area contributed by atoms with E-state index in [1.807, 2.05) is 17.0 Å². The van der Waals surface area contributed by atoms with Gasteiger partial charge in [0.15, 0.2) is 0 Å². The van der Waals surface area contributed by atoms with Crippen LogP contribution in [0.1, 0.15) is 42.6 Å². The number of fused-ring (bicyclic) bond motifs is 1. The fraction of sp³-hybridized carbons (Fsp3) is 0.333. The Labute approximate surface area is 163 Å². The molecular formula is C21H23N3O4. The second-order valence-corrected chi connectivity index (χ2v) is 7.33. The zero-order valence-corrected chi connectivity index (χ0v) is 16.0. The smallest absolute Gasteiger partial charge is 0.270 e. The summed E-state index contributed by atoms with van der Waals surface area (Å²) >= 11 is 0. The van der Waals surface area contributed by atoms with E-state index in [2.05, 4.69) is 19.2 Å². The normalized spacial score (nSPS) is 13.4. The Bertz CT molecular complexity index is 924. The molecule has 7 nitrogen and oxygen atoms in total. The molecule has 0 spiro atoms. The molecule has 1 heterocycles. The molecule has 1 aliphatic heterocycles. The summed E-state index contributed by atoms with van der Waals surface area (Å²) in [6.07, 6.45) is 2.01. The number of amides is 2. The molecule has 2 aromatic rings. The van der Waals surface area contributed by atoms with E-state index in [9.17, 15) is 19.7 Å². The zero-order chi connectivity index (χ0) is 20.3. The molecule has 1 aliphatic rings. The first kappa shape index (κ1) is 19.5. The van der Waals surface area contributed by atoms with Crippen molar-refractivity contribution in [2.75, 3.05) is 16.8 Å². The van der Waals surface area contributed by atoms with E-state index < -0.39 is 10.8 Å². The summed E-state index contributed by atoms with van der Waals surface area (Å²) in [4.78, 5) is 36.9. The van der Waals surface area contributed by atoms with Crippen LogP contribution in [0.2, 0.25) is 0 Å². The Hall–Kier alpha value is -3.22. The summed E-state index contributed by atoms with van der Waals surface area (Å²) in [7, 11) is 0. The average Bonchev–Trinajstić information content (AvgIpc) is 2.67. The third-order valence-corrected chi connectivity index (χ3v) is 4.79. The Morgan fingerprint density at radius 2 is 2.00 bits per heavy atom. The van der Waals surface area contributed by atoms with Gasteiger partial charge in [-0.25, -0.2) is 0 Å². The van der Waals surface area contributed by atoms with Crippen molar-refractivity contribution in [1.82, 2.24) is 0 Å². The van der Waals surface area contributed by atoms with Crippen molar-refractivity contribution < 1.29 is 14.5 Å². The van der Waals surface area contributed by atoms with Crippen LogP contribution < -0.4 is 10.2 Å². The number of hydrogen-bond acceptors (Lipinski definition) is 4. The van der Waals surface area contributed by atoms with E-state index in [0.717, 1.165) is 17.7 Å². The van der Waals surface area contributed by atoms with Gasteiger partial charge in [0.25, 0.3) is 11.6 Å². The Balaban J connectivity index is 1.78. The zero-order valence-electron chi connectivity index (χ0n) is 16.0. The highest BCUT2D eigenvalue weighted by Gasteiger charge is 2.24. The Kier molecular flexibility index (Phi) is 5.73. The molecule has 0 atom stereocenters. The third-order valence-electron chi connectivity index (χ3n) is 4.79. The van der Waals surface area contributed by atoms with Gasteiger partial charge in [-0.15, -0.1) is 0 Å². The lowest BCUT2D eigenvalue weighted by molar-refractivity contribution is -0.384. The predicted molar refractivity (Wildman–Crippen MR) is 108 cm³/mol. The van der Waals surface area contributed by atoms with Crippen molar-refractivity contribution in [1.29, 1.82) is 0 Å². The highest BCUT2D eigenvalue weighted by atomic mass is 16.6. The summed E-state index contributed by atoms with van der Waals surface area (Å²) in [5.74, 6) is 0.223. The molecule has 2 amide bonds. The first-order valence-corrected chi connectivity index (χ1v) is 9.34. The van der Waals surface area contributed by atoms with Crippen LogP contribution in [0.25, 0.3) is 0 Å². The summed E-state index contributed by atoms with van der Waals surface area (Å²) in [6, 6.07) is 11.1. The van der Waals surface area contributed by atoms with E-state index >= 15 is 0 Å². The first-order valence-electron chi connectivity index (χ1n) is 9.34. The lowest BCUT2D eigenvalue weighted by Gasteiger charge is -2.30. The molecule has 0 fully saturated rings. The summed E-state index contributed by atoms with van der Waals surface area (Å²) < 4.78 is 0. The van der Waals surface area contributed by atoms with Crippen molar-refractivity contribution >= 4 is 28.9 Å². The van der Waals surface area contributed by atoms with Crippen molar-refractivity contribution in [2.45, 2.75) is 33.1 Å². The van der Waals surface area contributed by atoms with E-state index in [1.54, 1.807) is 6.07 Å². The third kappa shape index (κ3) is 4.36. The molecule has 28 heavy (non-hydrogen) atoms. The van der Waals surface area contributed by atoms with E-state index in [0.29, 0.717) is 31.0 Å². The molecule has 0 bridgehead atoms. The number of aryl methyl sites for hydroxylation is 1. The monoisotopic (exact) mass is 381 g/mol. The number of carbonyl (C=O) groups is 2. The largest absolute Gasteiger partial charge is 0.322 e. The highest BCUT2D eigenvalue weighted by molar-refractivity contribution is 6.05. The minimum absolute atomic E-state index is 0.126. The molecule has 2 aromatic carbocycles. The van der Waals surface area contributed by atoms with E-state index in [4.69, 9.17) is 0 Å². The van der Waals surface area contributed by atoms with Gasteiger partial charge in [-0.3, -0.25) is 19.7 Å². The number of nitro groups is 1. The standard InChI is InChI=1S/C21H23N3O4/c1-14(2)10-11-23-19-8-7-17(12-15(19)6-9-20(23)25)22-21(26)16-4-3-5-18(13-16)24(27)28/h3-5,7-8,12-14H,6,9-11H2,1-2H3,(H,22,26). The summed E-state index contributed by atoms with van der Waals surface area (Å²) in [6.45, 7) is 4.94. The molecule has 146 valence electrons. The molecule has 0 aromatic heterocycles. The van der Waals surface area contributed by atoms with Gasteiger partial charge in [-0.05, 0) is 48.6 Å². The number of benzene rings is 2. The van der Waals surface area contributed by atoms with Gasteiger partial charge in [-0.2, -0.15) is 0 Å². The number of rotatable bonds is 6. The van der Waals surface area contributed by atoms with Crippen LogP contribution in [-0.4, -0.2) is 23.3 Å². The van der Waals surface area contributed by atoms with Crippen molar-refractivity contribution in [3.63, 3.8) is 0 Å². The fourth-order valence-corrected chi connectivity index (χ4v) is 3.23. The number of nitrogens with zero attached hydrogens (tertiary/aromatic N) is 2. The van der Waals surface area contributed by atoms with Gasteiger partial charge >= 0.3 is 0 Å². The SMILES string of the molecule is CC(C)CCN1C(=O)CCc2cc(NC(=O)c3cccc([N+](=O)[O-])c3)ccc21. The van der Waals surface area contributed by atoms with Crippen LogP contribution in [0.5, 0.6) is 0 Å². The van der Waals surface area contributed by atoms with Gasteiger partial charge in [0.05, 0.1) is 4.92 Å². The van der Waals surface area contributed by atoms with Crippen LogP contribution in [0.3, 0.4) is 0 Å². The van der Waals surface area contributed by atoms with Crippen LogP contribution in [0.4, 0.5) is 17.1 Å². The maximum Gasteiger partial charge on any atom is 0.270 e. The molecule has 0 unspecified atom stereocenters. The quantitative estimate of drug-likeness (QED) is 0.600. The highest BCUT2D eigenvalue weighted by Crippen LogP contribution is 2.31. The second kappa shape index (κ2) is 8.21. The molecule has 0 radical (unpaired) electrons. The lowest BCUT2D eigenvalue weighted by atomic mass is 9.99. The molecular weight excluding hydrogens is 358 g/mol. The van der Waals surface area contributed by atoms with Crippen LogP contribution >= 0.6 is 0 Å². The van der Waals surface area contributed by atoms with Crippen LogP contribution in [0.15, 0.2) is 42.5 Å². The average molecular weight is 381 g/mol. The molecule has 0 saturated carbocycles. The second-order valence-electron chi connectivity index (χ2n) is 7.33. The summed E-state index contributed by atoms with van der Waals surface area (Å²) in [5.41, 5.74) is 2.61. The van der Waals surface area contributed by atoms with Crippen molar-refractivity contribution in [3.8, 4) is 0 Å². The van der Waals surface area contributed by atoms with Crippen molar-refractivity contribution in [2.24, 2.45) is 5.92 Å². The molecule has 0 aliphatic carbocycles. The number of anilines is 2. The van der Waals surface area contributed by atoms with Crippen LogP contribution in [-0.2, 0) is 11.2 Å². The molecule has 1 N–H and O–H groups in total. The van der Waals surface area contributed by atoms with E-state index in [-0.39, 0.29) is 17.2 Å². The molecule has 0 saturated heterocycles. The number of hydrogen-bond donors (Lipinski definition) is 1. The van der Waals surface area contributed by atoms with E-state index in [1.165, 1.54) is 24.3 Å². The molecule has 3 rings (SSSR count). The van der Waals surface area contributed by atoms with Gasteiger partial charge in [-0.1, -0.05) is 19.9 Å². The summed E-state index contributed by atoms with van der Waals surface area (Å²) in [5, 5.41) is 13.7. The number of non-ortho nitro benzene ring substituents is 1. The molecule has 7 heteroatoms. The topological polar surface area (TPSA) is 92.6 Å². The van der Waals surface area contributed by atoms with Crippen molar-refractivity contribution in [3.05, 3.63) is 63.7 Å². The maximum absolute atomic E-state index is 12.5. The predicted octanol–water partition coefficient (Wildman–Crippen LogP) is 4.17. The fourth-order valence-electron chi connectivity index (χ4n) is 3.23. The lowest BCUT2D eigenvalue weighted by Crippen LogP contribution is -2.36. The van der Waals surface area contributed by atoms with Gasteiger partial charge < -0.3 is 10.2 Å². The van der Waals surface area contributed by atoms with Gasteiger partial charge in [0, 0.05) is 42.0 Å². The number of carbonyl (C=O) groups excluding carboxylic acids is 2. The minimum atomic E-state index is -0.529. The van der Waals surface area contributed by atoms with Gasteiger partial charge in [0.1, 0.15) is 0 Å². The minimum Gasteiger partial charge on any atom is -0.322 e. The first-order chi connectivity index (χ1) is 13.3. The maximum atomic E-state index is 12.5. The Morgan fingerprint density at radius 3 is 2.71 bits per heavy atom. The van der Waals surface area contributed by atoms with Crippen LogP contribution in [0, 0.1) is 16.0 Å². The number of nitrogens with one attached hydrogen (secondary N) is 1. The van der Waals surface area contributed by atoms with Gasteiger partial charge in [0.2, 0.25) is 5.91 Å². The number of nitro benzene ring substituents is 1. The Morgan fingerprint density at radius 1 is 1.21 bits per heavy atom.